The van der Waals surface area contributed by atoms with Crippen molar-refractivity contribution in [3.63, 3.8) is 0 Å². The maximum atomic E-state index is 14.1. The van der Waals surface area contributed by atoms with Gasteiger partial charge in [-0.25, -0.2) is 4.39 Å². The van der Waals surface area contributed by atoms with E-state index in [4.69, 9.17) is 4.74 Å². The van der Waals surface area contributed by atoms with Crippen molar-refractivity contribution in [1.82, 2.24) is 5.32 Å². The molecule has 0 bridgehead atoms. The van der Waals surface area contributed by atoms with Crippen LogP contribution in [0.4, 0.5) is 10.1 Å². The van der Waals surface area contributed by atoms with E-state index in [2.05, 4.69) is 10.6 Å². The highest BCUT2D eigenvalue weighted by molar-refractivity contribution is 6.07. The molecule has 8 heteroatoms. The maximum Gasteiger partial charge on any atom is 0.256 e. The number of benzene rings is 3. The van der Waals surface area contributed by atoms with Gasteiger partial charge in [-0.05, 0) is 25.1 Å². The number of nitrogens with one attached hydrogen (secondary N) is 2. The number of halogens is 1. The molecule has 0 saturated carbocycles. The molecule has 1 spiro atoms. The van der Waals surface area contributed by atoms with Gasteiger partial charge in [-0.3, -0.25) is 20.2 Å². The number of amides is 1. The molecular formula is C25H22FN3O4. The van der Waals surface area contributed by atoms with Crippen molar-refractivity contribution in [3.05, 3.63) is 105 Å². The Morgan fingerprint density at radius 2 is 1.76 bits per heavy atom. The van der Waals surface area contributed by atoms with Gasteiger partial charge in [0.15, 0.2) is 5.54 Å². The molecule has 2 heterocycles. The molecule has 0 radical (unpaired) electrons. The minimum Gasteiger partial charge on any atom is -0.488 e. The Morgan fingerprint density at radius 3 is 2.55 bits per heavy atom. The molecular weight excluding hydrogens is 425 g/mol. The highest BCUT2D eigenvalue weighted by Gasteiger charge is 2.67. The number of hydrogen-bond donors (Lipinski definition) is 2. The van der Waals surface area contributed by atoms with Crippen LogP contribution in [0.3, 0.4) is 0 Å². The summed E-state index contributed by atoms with van der Waals surface area (Å²) in [5.74, 6) is -1.06. The van der Waals surface area contributed by atoms with E-state index in [1.807, 2.05) is 6.92 Å². The topological polar surface area (TPSA) is 93.5 Å². The van der Waals surface area contributed by atoms with Crippen LogP contribution in [0.5, 0.6) is 5.75 Å². The number of nitrogens with zero attached hydrogens (tertiary/aromatic N) is 1. The fraction of sp³-hybridized carbons (Fsp3) is 0.240. The first-order valence-electron chi connectivity index (χ1n) is 10.7. The van der Waals surface area contributed by atoms with Crippen LogP contribution in [-0.2, 0) is 16.9 Å². The summed E-state index contributed by atoms with van der Waals surface area (Å²) in [4.78, 5) is 25.3. The molecule has 0 aromatic heterocycles. The highest BCUT2D eigenvalue weighted by Crippen LogP contribution is 2.50. The maximum absolute atomic E-state index is 14.1. The Bertz CT molecular complexity index is 1250. The fourth-order valence-electron chi connectivity index (χ4n) is 5.18. The summed E-state index contributed by atoms with van der Waals surface area (Å²) in [7, 11) is 0. The molecule has 1 amide bonds. The first-order valence-corrected chi connectivity index (χ1v) is 10.7. The number of para-hydroxylation sites is 2. The monoisotopic (exact) mass is 447 g/mol. The predicted octanol–water partition coefficient (Wildman–Crippen LogP) is 3.97. The highest BCUT2D eigenvalue weighted by atomic mass is 19.1. The second-order valence-electron chi connectivity index (χ2n) is 8.41. The molecule has 2 aliphatic rings. The summed E-state index contributed by atoms with van der Waals surface area (Å²) in [5.41, 5.74) is 0.624. The molecule has 7 nitrogen and oxygen atoms in total. The van der Waals surface area contributed by atoms with E-state index in [-0.39, 0.29) is 17.3 Å². The number of ether oxygens (including phenoxy) is 1. The molecule has 2 N–H and O–H groups in total. The summed E-state index contributed by atoms with van der Waals surface area (Å²) >= 11 is 0. The van der Waals surface area contributed by atoms with Gasteiger partial charge in [0, 0.05) is 33.3 Å². The summed E-state index contributed by atoms with van der Waals surface area (Å²) in [5, 5.41) is 18.5. The van der Waals surface area contributed by atoms with Gasteiger partial charge in [0.2, 0.25) is 0 Å². The van der Waals surface area contributed by atoms with Crippen molar-refractivity contribution >= 4 is 11.6 Å². The molecule has 168 valence electrons. The number of carbonyl (C=O) groups is 1. The van der Waals surface area contributed by atoms with Crippen LogP contribution >= 0.6 is 0 Å². The van der Waals surface area contributed by atoms with E-state index in [1.54, 1.807) is 66.7 Å². The minimum atomic E-state index is -1.50. The molecule has 1 saturated heterocycles. The van der Waals surface area contributed by atoms with E-state index in [1.165, 1.54) is 6.07 Å². The lowest BCUT2D eigenvalue weighted by Crippen LogP contribution is -2.54. The van der Waals surface area contributed by atoms with Gasteiger partial charge < -0.3 is 10.1 Å². The molecule has 4 atom stereocenters. The Morgan fingerprint density at radius 1 is 1.06 bits per heavy atom. The van der Waals surface area contributed by atoms with Crippen molar-refractivity contribution in [2.45, 2.75) is 37.1 Å². The van der Waals surface area contributed by atoms with Crippen molar-refractivity contribution in [2.75, 3.05) is 5.32 Å². The average molecular weight is 447 g/mol. The SMILES string of the molecule is C[C@@H]1N[C@]2(C(=O)Nc3ccccc32)[C@H]([N+](=O)[O-])[C@H]1c1ccccc1OCc1ccccc1F. The van der Waals surface area contributed by atoms with Crippen LogP contribution < -0.4 is 15.4 Å². The zero-order chi connectivity index (χ0) is 23.2. The standard InChI is InChI=1S/C25H22FN3O4/c1-15-22(17-9-3-7-13-21(17)33-14-16-8-2-5-11-19(16)26)23(29(31)32)25(28-15)18-10-4-6-12-20(18)27-24(25)30/h2-13,15,22-23,28H,14H2,1H3,(H,27,30)/t15-,22+,23+,25-/m0/s1. The Kier molecular flexibility index (Phi) is 5.09. The van der Waals surface area contributed by atoms with Crippen LogP contribution in [-0.4, -0.2) is 22.9 Å². The third-order valence-corrected chi connectivity index (χ3v) is 6.58. The molecule has 0 unspecified atom stereocenters. The summed E-state index contributed by atoms with van der Waals surface area (Å²) in [6.45, 7) is 1.81. The first-order chi connectivity index (χ1) is 15.9. The van der Waals surface area contributed by atoms with Crippen molar-refractivity contribution in [3.8, 4) is 5.75 Å². The smallest absolute Gasteiger partial charge is 0.256 e. The second-order valence-corrected chi connectivity index (χ2v) is 8.41. The van der Waals surface area contributed by atoms with Gasteiger partial charge in [0.05, 0.1) is 5.92 Å². The minimum absolute atomic E-state index is 0.0180. The third-order valence-electron chi connectivity index (χ3n) is 6.58. The Labute approximate surface area is 189 Å². The lowest BCUT2D eigenvalue weighted by atomic mass is 9.78. The van der Waals surface area contributed by atoms with Crippen molar-refractivity contribution < 1.29 is 18.8 Å². The van der Waals surface area contributed by atoms with Gasteiger partial charge in [0.25, 0.3) is 11.9 Å². The van der Waals surface area contributed by atoms with E-state index >= 15 is 0 Å². The van der Waals surface area contributed by atoms with Crippen LogP contribution in [0.25, 0.3) is 0 Å². The number of hydrogen-bond acceptors (Lipinski definition) is 5. The lowest BCUT2D eigenvalue weighted by molar-refractivity contribution is -0.532. The first kappa shape index (κ1) is 21.1. The van der Waals surface area contributed by atoms with Gasteiger partial charge in [0.1, 0.15) is 18.2 Å². The van der Waals surface area contributed by atoms with Gasteiger partial charge >= 0.3 is 0 Å². The van der Waals surface area contributed by atoms with Crippen LogP contribution in [0, 0.1) is 15.9 Å². The molecule has 33 heavy (non-hydrogen) atoms. The van der Waals surface area contributed by atoms with Crippen molar-refractivity contribution in [2.24, 2.45) is 0 Å². The quantitative estimate of drug-likeness (QED) is 0.456. The van der Waals surface area contributed by atoms with E-state index in [9.17, 15) is 19.3 Å². The number of fused-ring (bicyclic) bond motifs is 2. The Hall–Kier alpha value is -3.78. The Balaban J connectivity index is 1.56. The van der Waals surface area contributed by atoms with Crippen LogP contribution in [0.1, 0.15) is 29.5 Å². The van der Waals surface area contributed by atoms with Crippen LogP contribution in [0.15, 0.2) is 72.8 Å². The van der Waals surface area contributed by atoms with Crippen LogP contribution in [0.2, 0.25) is 0 Å². The molecule has 3 aromatic rings. The molecule has 2 aliphatic heterocycles. The second kappa shape index (κ2) is 7.97. The number of anilines is 1. The third kappa shape index (κ3) is 3.25. The summed E-state index contributed by atoms with van der Waals surface area (Å²) in [6, 6.07) is 18.7. The van der Waals surface area contributed by atoms with E-state index < -0.39 is 29.4 Å². The molecule has 1 fully saturated rings. The fourth-order valence-corrected chi connectivity index (χ4v) is 5.18. The molecule has 5 rings (SSSR count). The average Bonchev–Trinajstić information content (AvgIpc) is 3.27. The normalized spacial score (nSPS) is 25.6. The van der Waals surface area contributed by atoms with E-state index in [0.29, 0.717) is 28.1 Å². The molecule has 3 aromatic carbocycles. The van der Waals surface area contributed by atoms with Gasteiger partial charge in [-0.1, -0.05) is 54.6 Å². The van der Waals surface area contributed by atoms with Gasteiger partial charge in [-0.2, -0.15) is 0 Å². The number of rotatable bonds is 5. The van der Waals surface area contributed by atoms with Gasteiger partial charge in [-0.15, -0.1) is 0 Å². The summed E-state index contributed by atoms with van der Waals surface area (Å²) in [6.07, 6.45) is 0. The zero-order valence-electron chi connectivity index (χ0n) is 17.8. The molecule has 0 aliphatic carbocycles. The van der Waals surface area contributed by atoms with Crippen molar-refractivity contribution in [1.29, 1.82) is 0 Å². The number of nitro groups is 1. The summed E-state index contributed by atoms with van der Waals surface area (Å²) < 4.78 is 20.0. The van der Waals surface area contributed by atoms with E-state index in [0.717, 1.165) is 0 Å². The largest absolute Gasteiger partial charge is 0.488 e. The zero-order valence-corrected chi connectivity index (χ0v) is 17.8. The predicted molar refractivity (Wildman–Crippen MR) is 120 cm³/mol. The lowest BCUT2D eigenvalue weighted by Gasteiger charge is -2.26. The number of carbonyl (C=O) groups excluding carboxylic acids is 1.